The normalized spacial score (nSPS) is 16.0. The highest BCUT2D eigenvalue weighted by Gasteiger charge is 2.17. The fraction of sp³-hybridized carbons (Fsp3) is 0.500. The fourth-order valence-corrected chi connectivity index (χ4v) is 3.84. The van der Waals surface area contributed by atoms with Crippen LogP contribution in [0.2, 0.25) is 0 Å². The summed E-state index contributed by atoms with van der Waals surface area (Å²) < 4.78 is 0. The van der Waals surface area contributed by atoms with Gasteiger partial charge in [0.1, 0.15) is 0 Å². The van der Waals surface area contributed by atoms with Crippen LogP contribution in [0, 0.1) is 6.92 Å². The van der Waals surface area contributed by atoms with Crippen molar-refractivity contribution in [1.29, 1.82) is 0 Å². The van der Waals surface area contributed by atoms with E-state index in [2.05, 4.69) is 15.2 Å². The van der Waals surface area contributed by atoms with Gasteiger partial charge in [-0.25, -0.2) is 9.97 Å². The van der Waals surface area contributed by atoms with Gasteiger partial charge in [0, 0.05) is 31.4 Å². The molecule has 2 aromatic rings. The van der Waals surface area contributed by atoms with Gasteiger partial charge in [0.25, 0.3) is 0 Å². The van der Waals surface area contributed by atoms with E-state index >= 15 is 0 Å². The van der Waals surface area contributed by atoms with E-state index < -0.39 is 5.97 Å². The van der Waals surface area contributed by atoms with Crippen LogP contribution < -0.4 is 10.2 Å². The number of aromatic nitrogens is 2. The highest BCUT2D eigenvalue weighted by atomic mass is 32.1. The maximum atomic E-state index is 11.2. The van der Waals surface area contributed by atoms with Gasteiger partial charge in [-0.3, -0.25) is 4.79 Å². The molecule has 25 heavy (non-hydrogen) atoms. The monoisotopic (exact) mass is 360 g/mol. The maximum Gasteiger partial charge on any atom is 0.305 e. The Morgan fingerprint density at radius 1 is 1.36 bits per heavy atom. The Bertz CT molecular complexity index is 699. The fourth-order valence-electron chi connectivity index (χ4n) is 3.13. The number of piperidine rings is 1. The van der Waals surface area contributed by atoms with Gasteiger partial charge in [-0.2, -0.15) is 11.3 Å². The maximum absolute atomic E-state index is 11.2. The minimum atomic E-state index is -0.809. The molecule has 0 saturated carbocycles. The highest BCUT2D eigenvalue weighted by Crippen LogP contribution is 2.21. The quantitative estimate of drug-likeness (QED) is 0.790. The first-order valence-electron chi connectivity index (χ1n) is 8.68. The summed E-state index contributed by atoms with van der Waals surface area (Å²) in [6.07, 6.45) is 3.70. The van der Waals surface area contributed by atoms with Crippen molar-refractivity contribution >= 4 is 23.3 Å². The number of nitrogens with zero attached hydrogens (tertiary/aromatic N) is 3. The average molecular weight is 360 g/mol. The van der Waals surface area contributed by atoms with Crippen LogP contribution in [0.4, 0.5) is 5.95 Å². The highest BCUT2D eigenvalue weighted by molar-refractivity contribution is 7.07. The third-order valence-corrected chi connectivity index (χ3v) is 5.09. The van der Waals surface area contributed by atoms with Crippen molar-refractivity contribution in [3.63, 3.8) is 0 Å². The lowest BCUT2D eigenvalue weighted by atomic mass is 10.1. The lowest BCUT2D eigenvalue weighted by Crippen LogP contribution is -2.31. The molecule has 6 nitrogen and oxygen atoms in total. The van der Waals surface area contributed by atoms with Crippen LogP contribution in [0.5, 0.6) is 0 Å². The molecular formula is C18H24N4O2S. The SMILES string of the molecule is Cc1cc(CNC(CC(=O)O)c2ccsc2)nc(N2CCCCC2)n1. The van der Waals surface area contributed by atoms with Crippen LogP contribution in [0.25, 0.3) is 0 Å². The number of aryl methyl sites for hydroxylation is 1. The molecular weight excluding hydrogens is 336 g/mol. The molecule has 1 fully saturated rings. The number of carboxylic acids is 1. The molecule has 2 aromatic heterocycles. The van der Waals surface area contributed by atoms with Crippen molar-refractivity contribution in [3.8, 4) is 0 Å². The number of carbonyl (C=O) groups is 1. The second-order valence-electron chi connectivity index (χ2n) is 6.44. The number of aliphatic carboxylic acids is 1. The zero-order chi connectivity index (χ0) is 17.6. The average Bonchev–Trinajstić information content (AvgIpc) is 3.13. The topological polar surface area (TPSA) is 78.3 Å². The number of hydrogen-bond acceptors (Lipinski definition) is 6. The van der Waals surface area contributed by atoms with E-state index in [-0.39, 0.29) is 12.5 Å². The van der Waals surface area contributed by atoms with E-state index in [0.717, 1.165) is 36.0 Å². The standard InChI is InChI=1S/C18H24N4O2S/c1-13-9-15(21-18(20-13)22-6-3-2-4-7-22)11-19-16(10-17(23)24)14-5-8-25-12-14/h5,8-9,12,16,19H,2-4,6-7,10-11H2,1H3,(H,23,24). The molecule has 2 N–H and O–H groups in total. The van der Waals surface area contributed by atoms with Gasteiger partial charge in [-0.1, -0.05) is 0 Å². The minimum Gasteiger partial charge on any atom is -0.481 e. The lowest BCUT2D eigenvalue weighted by molar-refractivity contribution is -0.137. The van der Waals surface area contributed by atoms with Crippen LogP contribution in [0.3, 0.4) is 0 Å². The van der Waals surface area contributed by atoms with Gasteiger partial charge in [0.2, 0.25) is 5.95 Å². The van der Waals surface area contributed by atoms with E-state index in [4.69, 9.17) is 10.1 Å². The van der Waals surface area contributed by atoms with Gasteiger partial charge in [-0.05, 0) is 54.6 Å². The predicted octanol–water partition coefficient (Wildman–Crippen LogP) is 3.14. The first-order valence-corrected chi connectivity index (χ1v) is 9.63. The summed E-state index contributed by atoms with van der Waals surface area (Å²) >= 11 is 1.58. The summed E-state index contributed by atoms with van der Waals surface area (Å²) in [6, 6.07) is 3.72. The Morgan fingerprint density at radius 3 is 2.84 bits per heavy atom. The number of hydrogen-bond donors (Lipinski definition) is 2. The molecule has 1 aliphatic heterocycles. The molecule has 3 rings (SSSR count). The third kappa shape index (κ3) is 4.99. The smallest absolute Gasteiger partial charge is 0.305 e. The van der Waals surface area contributed by atoms with Crippen LogP contribution in [-0.4, -0.2) is 34.1 Å². The summed E-state index contributed by atoms with van der Waals surface area (Å²) in [7, 11) is 0. The van der Waals surface area contributed by atoms with Crippen molar-refractivity contribution < 1.29 is 9.90 Å². The van der Waals surface area contributed by atoms with Gasteiger partial charge >= 0.3 is 5.97 Å². The Kier molecular flexibility index (Phi) is 5.99. The molecule has 0 spiro atoms. The van der Waals surface area contributed by atoms with Crippen molar-refractivity contribution in [3.05, 3.63) is 39.8 Å². The summed E-state index contributed by atoms with van der Waals surface area (Å²) in [5.41, 5.74) is 2.85. The molecule has 0 amide bonds. The number of rotatable bonds is 7. The molecule has 7 heteroatoms. The van der Waals surface area contributed by atoms with Crippen LogP contribution in [0.1, 0.15) is 48.7 Å². The van der Waals surface area contributed by atoms with Crippen molar-refractivity contribution in [2.24, 2.45) is 0 Å². The van der Waals surface area contributed by atoms with Crippen molar-refractivity contribution in [1.82, 2.24) is 15.3 Å². The number of thiophene rings is 1. The van der Waals surface area contributed by atoms with E-state index in [0.29, 0.717) is 6.54 Å². The van der Waals surface area contributed by atoms with E-state index in [9.17, 15) is 4.79 Å². The van der Waals surface area contributed by atoms with Gasteiger partial charge in [0.05, 0.1) is 12.1 Å². The summed E-state index contributed by atoms with van der Waals surface area (Å²) in [5, 5.41) is 16.5. The van der Waals surface area contributed by atoms with Crippen molar-refractivity contribution in [2.45, 2.75) is 45.2 Å². The Hall–Kier alpha value is -1.99. The number of nitrogens with one attached hydrogen (secondary N) is 1. The van der Waals surface area contributed by atoms with Gasteiger partial charge in [-0.15, -0.1) is 0 Å². The summed E-state index contributed by atoms with van der Waals surface area (Å²) in [5.74, 6) is -0.0154. The molecule has 3 heterocycles. The van der Waals surface area contributed by atoms with Crippen LogP contribution in [0.15, 0.2) is 22.9 Å². The molecule has 1 aliphatic rings. The third-order valence-electron chi connectivity index (χ3n) is 4.39. The summed E-state index contributed by atoms with van der Waals surface area (Å²) in [6.45, 7) is 4.52. The van der Waals surface area contributed by atoms with E-state index in [1.807, 2.05) is 29.8 Å². The van der Waals surface area contributed by atoms with Crippen LogP contribution in [-0.2, 0) is 11.3 Å². The number of anilines is 1. The lowest BCUT2D eigenvalue weighted by Gasteiger charge is -2.27. The molecule has 1 unspecified atom stereocenters. The van der Waals surface area contributed by atoms with E-state index in [1.165, 1.54) is 19.3 Å². The Morgan fingerprint density at radius 2 is 2.16 bits per heavy atom. The molecule has 0 bridgehead atoms. The summed E-state index contributed by atoms with van der Waals surface area (Å²) in [4.78, 5) is 22.7. The molecule has 0 radical (unpaired) electrons. The molecule has 1 atom stereocenters. The molecule has 134 valence electrons. The Labute approximate surface area is 151 Å². The van der Waals surface area contributed by atoms with Crippen LogP contribution >= 0.6 is 11.3 Å². The van der Waals surface area contributed by atoms with Gasteiger partial charge in [0.15, 0.2) is 0 Å². The minimum absolute atomic E-state index is 0.0553. The number of carboxylic acid groups (broad SMARTS) is 1. The van der Waals surface area contributed by atoms with E-state index in [1.54, 1.807) is 11.3 Å². The largest absolute Gasteiger partial charge is 0.481 e. The van der Waals surface area contributed by atoms with Crippen molar-refractivity contribution in [2.75, 3.05) is 18.0 Å². The predicted molar refractivity (Wildman–Crippen MR) is 99.0 cm³/mol. The molecule has 1 saturated heterocycles. The second-order valence-corrected chi connectivity index (χ2v) is 7.22. The Balaban J connectivity index is 1.70. The first-order chi connectivity index (χ1) is 12.1. The molecule has 0 aromatic carbocycles. The zero-order valence-electron chi connectivity index (χ0n) is 14.4. The molecule has 0 aliphatic carbocycles. The van der Waals surface area contributed by atoms with Gasteiger partial charge < -0.3 is 15.3 Å². The zero-order valence-corrected chi connectivity index (χ0v) is 15.3. The first kappa shape index (κ1) is 17.8. The second kappa shape index (κ2) is 8.40.